The van der Waals surface area contributed by atoms with Crippen molar-refractivity contribution in [2.75, 3.05) is 6.61 Å². The molecule has 0 fully saturated rings. The molecule has 0 heterocycles. The van der Waals surface area contributed by atoms with Crippen LogP contribution < -0.4 is 5.32 Å². The molecule has 65 heavy (non-hydrogen) atoms. The Kier molecular flexibility index (Phi) is 50.6. The van der Waals surface area contributed by atoms with Crippen LogP contribution in [0.5, 0.6) is 0 Å². The summed E-state index contributed by atoms with van der Waals surface area (Å²) in [7, 11) is 0. The number of amides is 1. The first-order valence-electron chi connectivity index (χ1n) is 28.1. The van der Waals surface area contributed by atoms with E-state index in [0.717, 1.165) is 57.8 Å². The number of ether oxygens (including phenoxy) is 1. The maximum atomic E-state index is 13.2. The Hall–Kier alpha value is -2.44. The molecule has 0 radical (unpaired) electrons. The van der Waals surface area contributed by atoms with Crippen molar-refractivity contribution in [3.8, 4) is 0 Å². The van der Waals surface area contributed by atoms with Crippen LogP contribution in [0.4, 0.5) is 0 Å². The van der Waals surface area contributed by atoms with Gasteiger partial charge in [0.25, 0.3) is 0 Å². The first kappa shape index (κ1) is 62.6. The third-order valence-electron chi connectivity index (χ3n) is 12.7. The molecule has 0 aliphatic rings. The van der Waals surface area contributed by atoms with E-state index in [9.17, 15) is 19.8 Å². The Morgan fingerprint density at radius 2 is 0.831 bits per heavy atom. The number of esters is 1. The Morgan fingerprint density at radius 3 is 1.23 bits per heavy atom. The van der Waals surface area contributed by atoms with Gasteiger partial charge in [0, 0.05) is 6.42 Å². The molecule has 0 bridgehead atoms. The lowest BCUT2D eigenvalue weighted by Gasteiger charge is -2.24. The topological polar surface area (TPSA) is 95.9 Å². The highest BCUT2D eigenvalue weighted by atomic mass is 16.5. The van der Waals surface area contributed by atoms with Gasteiger partial charge in [-0.25, -0.2) is 0 Å². The van der Waals surface area contributed by atoms with Gasteiger partial charge in [-0.1, -0.05) is 287 Å². The molecular weight excluding hydrogens is 803 g/mol. The molecule has 6 heteroatoms. The lowest BCUT2D eigenvalue weighted by atomic mass is 10.0. The minimum Gasteiger partial charge on any atom is -0.462 e. The molecule has 0 rings (SSSR count). The smallest absolute Gasteiger partial charge is 0.306 e. The largest absolute Gasteiger partial charge is 0.462 e. The van der Waals surface area contributed by atoms with E-state index in [2.05, 4.69) is 38.2 Å². The van der Waals surface area contributed by atoms with Gasteiger partial charge in [-0.2, -0.15) is 0 Å². The number of aliphatic hydroxyl groups is 2. The summed E-state index contributed by atoms with van der Waals surface area (Å²) in [5.41, 5.74) is 0. The van der Waals surface area contributed by atoms with Gasteiger partial charge in [-0.15, -0.1) is 0 Å². The first-order valence-corrected chi connectivity index (χ1v) is 28.1. The molecule has 6 nitrogen and oxygen atoms in total. The van der Waals surface area contributed by atoms with Crippen LogP contribution in [0.25, 0.3) is 0 Å². The predicted octanol–water partition coefficient (Wildman–Crippen LogP) is 17.2. The van der Waals surface area contributed by atoms with Crippen LogP contribution in [-0.2, 0) is 14.3 Å². The van der Waals surface area contributed by atoms with Crippen molar-refractivity contribution >= 4 is 11.9 Å². The van der Waals surface area contributed by atoms with Crippen molar-refractivity contribution in [3.05, 3.63) is 60.8 Å². The standard InChI is InChI=1S/C59H107NO5/c1-4-7-10-13-16-19-22-25-27-28-29-30-31-34-37-40-43-46-49-52-59(64)65-55(50-47-44-41-38-35-32-24-21-18-15-12-9-6-3)53-58(63)60-56(54-61)57(62)51-48-45-42-39-36-33-26-23-20-17-14-11-8-5-2/h9,12,15,18,21,24,32,35,38,41,55-57,61-62H,4-8,10-11,13-14,16-17,19-20,22-23,25-31,33-34,36-37,39-40,42-54H2,1-3H3,(H,60,63)/b12-9+,18-15+,24-21-,35-32-,41-38+. The number of aliphatic hydroxyl groups excluding tert-OH is 2. The molecule has 3 atom stereocenters. The molecule has 0 saturated carbocycles. The number of carbonyl (C=O) groups is 2. The lowest BCUT2D eigenvalue weighted by molar-refractivity contribution is -0.151. The predicted molar refractivity (Wildman–Crippen MR) is 282 cm³/mol. The second-order valence-electron chi connectivity index (χ2n) is 19.1. The van der Waals surface area contributed by atoms with Crippen LogP contribution in [0.1, 0.15) is 278 Å². The van der Waals surface area contributed by atoms with Crippen LogP contribution in [-0.4, -0.2) is 46.9 Å². The van der Waals surface area contributed by atoms with Gasteiger partial charge >= 0.3 is 5.97 Å². The minimum absolute atomic E-state index is 0.0301. The molecule has 0 aliphatic carbocycles. The van der Waals surface area contributed by atoms with Crippen molar-refractivity contribution in [3.63, 3.8) is 0 Å². The van der Waals surface area contributed by atoms with Gasteiger partial charge in [-0.05, 0) is 38.5 Å². The molecule has 1 amide bonds. The minimum atomic E-state index is -0.807. The number of hydrogen-bond acceptors (Lipinski definition) is 5. The van der Waals surface area contributed by atoms with Crippen LogP contribution >= 0.6 is 0 Å². The van der Waals surface area contributed by atoms with Crippen LogP contribution in [0.3, 0.4) is 0 Å². The summed E-state index contributed by atoms with van der Waals surface area (Å²) in [4.78, 5) is 26.2. The van der Waals surface area contributed by atoms with E-state index in [0.29, 0.717) is 19.3 Å². The summed E-state index contributed by atoms with van der Waals surface area (Å²) >= 11 is 0. The summed E-state index contributed by atoms with van der Waals surface area (Å²) in [6.45, 7) is 6.34. The van der Waals surface area contributed by atoms with E-state index in [1.165, 1.54) is 173 Å². The second-order valence-corrected chi connectivity index (χ2v) is 19.1. The number of rotatable bonds is 50. The molecule has 0 aliphatic heterocycles. The molecule has 0 aromatic rings. The van der Waals surface area contributed by atoms with Crippen LogP contribution in [0.15, 0.2) is 60.8 Å². The fourth-order valence-electron chi connectivity index (χ4n) is 8.52. The normalized spacial score (nSPS) is 13.6. The molecule has 0 aromatic heterocycles. The first-order chi connectivity index (χ1) is 32.0. The molecule has 0 aromatic carbocycles. The Morgan fingerprint density at radius 1 is 0.462 bits per heavy atom. The fourth-order valence-corrected chi connectivity index (χ4v) is 8.52. The molecular formula is C59H107NO5. The molecule has 3 unspecified atom stereocenters. The zero-order valence-corrected chi connectivity index (χ0v) is 43.1. The summed E-state index contributed by atoms with van der Waals surface area (Å²) in [5, 5.41) is 23.8. The molecule has 0 saturated heterocycles. The maximum Gasteiger partial charge on any atom is 0.306 e. The summed E-state index contributed by atoms with van der Waals surface area (Å²) in [6.07, 6.45) is 65.8. The van der Waals surface area contributed by atoms with E-state index < -0.39 is 18.2 Å². The van der Waals surface area contributed by atoms with Crippen molar-refractivity contribution in [2.24, 2.45) is 0 Å². The highest BCUT2D eigenvalue weighted by Gasteiger charge is 2.24. The number of hydrogen-bond donors (Lipinski definition) is 3. The van der Waals surface area contributed by atoms with Gasteiger partial charge in [0.15, 0.2) is 0 Å². The lowest BCUT2D eigenvalue weighted by Crippen LogP contribution is -2.46. The van der Waals surface area contributed by atoms with Gasteiger partial charge in [-0.3, -0.25) is 9.59 Å². The zero-order chi connectivity index (χ0) is 47.4. The molecule has 0 spiro atoms. The van der Waals surface area contributed by atoms with Gasteiger partial charge < -0.3 is 20.3 Å². The highest BCUT2D eigenvalue weighted by Crippen LogP contribution is 2.18. The number of unbranched alkanes of at least 4 members (excludes halogenated alkanes) is 32. The monoisotopic (exact) mass is 910 g/mol. The molecule has 378 valence electrons. The Balaban J connectivity index is 4.56. The number of carbonyl (C=O) groups excluding carboxylic acids is 2. The summed E-state index contributed by atoms with van der Waals surface area (Å²) < 4.78 is 5.91. The SMILES string of the molecule is CC/C=C/C=C/C=C\C=C/C=C/CCCC(CC(=O)NC(CO)C(O)CCCCCCCCCCCCCCCC)OC(=O)CCCCCCCCCCCCCCCCCCCCC. The average Bonchev–Trinajstić information content (AvgIpc) is 3.30. The zero-order valence-electron chi connectivity index (χ0n) is 43.1. The van der Waals surface area contributed by atoms with Gasteiger partial charge in [0.1, 0.15) is 6.10 Å². The Labute approximate surface area is 403 Å². The second kappa shape index (κ2) is 52.5. The fraction of sp³-hybridized carbons (Fsp3) is 0.797. The van der Waals surface area contributed by atoms with Crippen molar-refractivity contribution in [1.82, 2.24) is 5.32 Å². The summed E-state index contributed by atoms with van der Waals surface area (Å²) in [6, 6.07) is -0.725. The summed E-state index contributed by atoms with van der Waals surface area (Å²) in [5.74, 6) is -0.536. The highest BCUT2D eigenvalue weighted by molar-refractivity contribution is 5.77. The van der Waals surface area contributed by atoms with E-state index in [4.69, 9.17) is 4.74 Å². The Bertz CT molecular complexity index is 1160. The van der Waals surface area contributed by atoms with Gasteiger partial charge in [0.2, 0.25) is 5.91 Å². The number of nitrogens with one attached hydrogen (secondary N) is 1. The van der Waals surface area contributed by atoms with Crippen molar-refractivity contribution in [1.29, 1.82) is 0 Å². The quantitative estimate of drug-likeness (QED) is 0.0321. The average molecular weight is 911 g/mol. The third kappa shape index (κ3) is 47.8. The van der Waals surface area contributed by atoms with E-state index in [1.807, 2.05) is 48.6 Å². The van der Waals surface area contributed by atoms with Gasteiger partial charge in [0.05, 0.1) is 25.2 Å². The molecule has 3 N–H and O–H groups in total. The van der Waals surface area contributed by atoms with E-state index in [-0.39, 0.29) is 24.9 Å². The van der Waals surface area contributed by atoms with E-state index in [1.54, 1.807) is 0 Å². The van der Waals surface area contributed by atoms with Crippen LogP contribution in [0.2, 0.25) is 0 Å². The number of allylic oxidation sites excluding steroid dienone is 10. The van der Waals surface area contributed by atoms with Crippen LogP contribution in [0, 0.1) is 0 Å². The third-order valence-corrected chi connectivity index (χ3v) is 12.7. The van der Waals surface area contributed by atoms with E-state index >= 15 is 0 Å². The van der Waals surface area contributed by atoms with Crippen molar-refractivity contribution in [2.45, 2.75) is 296 Å². The maximum absolute atomic E-state index is 13.2. The van der Waals surface area contributed by atoms with Crippen molar-refractivity contribution < 1.29 is 24.5 Å².